The number of benzene rings is 5. The Labute approximate surface area is 210 Å². The molecular formula is C34H26N2. The van der Waals surface area contributed by atoms with Crippen molar-refractivity contribution in [2.75, 3.05) is 0 Å². The van der Waals surface area contributed by atoms with E-state index in [-0.39, 0.29) is 0 Å². The quantitative estimate of drug-likeness (QED) is 0.231. The Hall–Kier alpha value is -4.56. The third kappa shape index (κ3) is 3.11. The Kier molecular flexibility index (Phi) is 4.62. The van der Waals surface area contributed by atoms with E-state index < -0.39 is 0 Å². The summed E-state index contributed by atoms with van der Waals surface area (Å²) in [7, 11) is 0. The van der Waals surface area contributed by atoms with Gasteiger partial charge in [-0.1, -0.05) is 84.9 Å². The number of allylic oxidation sites excluding steroid dienone is 1. The van der Waals surface area contributed by atoms with Crippen molar-refractivity contribution in [3.05, 3.63) is 133 Å². The first-order valence-electron chi connectivity index (χ1n) is 12.4. The molecule has 172 valence electrons. The van der Waals surface area contributed by atoms with E-state index in [0.717, 1.165) is 17.8 Å². The molecule has 0 aliphatic rings. The van der Waals surface area contributed by atoms with Gasteiger partial charge in [0.1, 0.15) is 0 Å². The second-order valence-electron chi connectivity index (χ2n) is 9.73. The van der Waals surface area contributed by atoms with Crippen LogP contribution in [0.5, 0.6) is 0 Å². The monoisotopic (exact) mass is 462 g/mol. The zero-order valence-electron chi connectivity index (χ0n) is 20.3. The van der Waals surface area contributed by atoms with Crippen molar-refractivity contribution in [1.82, 2.24) is 9.13 Å². The van der Waals surface area contributed by atoms with Crippen LogP contribution in [0.2, 0.25) is 0 Å². The van der Waals surface area contributed by atoms with Gasteiger partial charge in [0.15, 0.2) is 0 Å². The fraction of sp³-hybridized carbons (Fsp3) is 0.0588. The van der Waals surface area contributed by atoms with E-state index in [0.29, 0.717) is 0 Å². The fourth-order valence-electron chi connectivity index (χ4n) is 5.72. The molecule has 0 saturated heterocycles. The summed E-state index contributed by atoms with van der Waals surface area (Å²) in [5.74, 6) is 0. The number of hydrogen-bond donors (Lipinski definition) is 0. The van der Waals surface area contributed by atoms with Crippen LogP contribution < -0.4 is 0 Å². The summed E-state index contributed by atoms with van der Waals surface area (Å²) in [6.45, 7) is 6.23. The van der Waals surface area contributed by atoms with E-state index in [1.165, 1.54) is 54.7 Å². The minimum absolute atomic E-state index is 0.888. The van der Waals surface area contributed by atoms with Crippen LogP contribution in [-0.2, 0) is 6.42 Å². The van der Waals surface area contributed by atoms with Crippen LogP contribution in [0.1, 0.15) is 12.5 Å². The Balaban J connectivity index is 1.52. The molecule has 2 nitrogen and oxygen atoms in total. The maximum atomic E-state index is 4.13. The highest BCUT2D eigenvalue weighted by molar-refractivity contribution is 6.10. The summed E-state index contributed by atoms with van der Waals surface area (Å²) in [4.78, 5) is 0. The molecule has 0 aliphatic carbocycles. The lowest BCUT2D eigenvalue weighted by molar-refractivity contribution is 1.12. The Bertz CT molecular complexity index is 1890. The van der Waals surface area contributed by atoms with E-state index in [4.69, 9.17) is 0 Å². The van der Waals surface area contributed by atoms with Crippen LogP contribution in [0.25, 0.3) is 55.0 Å². The van der Waals surface area contributed by atoms with Gasteiger partial charge in [-0.2, -0.15) is 0 Å². The van der Waals surface area contributed by atoms with Gasteiger partial charge in [0.2, 0.25) is 0 Å². The molecule has 2 heteroatoms. The molecule has 5 aromatic carbocycles. The van der Waals surface area contributed by atoms with Crippen molar-refractivity contribution in [1.29, 1.82) is 0 Å². The molecule has 7 aromatic rings. The lowest BCUT2D eigenvalue weighted by Crippen LogP contribution is -1.98. The number of para-hydroxylation sites is 3. The summed E-state index contributed by atoms with van der Waals surface area (Å²) in [5.41, 5.74) is 9.68. The van der Waals surface area contributed by atoms with Crippen molar-refractivity contribution in [3.63, 3.8) is 0 Å². The number of fused-ring (bicyclic) bond motifs is 6. The number of aromatic nitrogens is 2. The van der Waals surface area contributed by atoms with E-state index in [1.807, 2.05) is 0 Å². The van der Waals surface area contributed by atoms with Crippen molar-refractivity contribution in [3.8, 4) is 11.4 Å². The first kappa shape index (κ1) is 20.8. The van der Waals surface area contributed by atoms with Gasteiger partial charge in [-0.3, -0.25) is 0 Å². The van der Waals surface area contributed by atoms with Crippen LogP contribution in [-0.4, -0.2) is 9.13 Å². The molecule has 0 unspecified atom stereocenters. The van der Waals surface area contributed by atoms with Gasteiger partial charge < -0.3 is 9.13 Å². The maximum Gasteiger partial charge on any atom is 0.0543 e. The predicted octanol–water partition coefficient (Wildman–Crippen LogP) is 9.00. The average Bonchev–Trinajstić information content (AvgIpc) is 3.41. The third-order valence-corrected chi connectivity index (χ3v) is 7.17. The minimum Gasteiger partial charge on any atom is -0.309 e. The van der Waals surface area contributed by atoms with Crippen LogP contribution >= 0.6 is 0 Å². The van der Waals surface area contributed by atoms with E-state index in [9.17, 15) is 0 Å². The molecule has 0 N–H and O–H groups in total. The molecule has 36 heavy (non-hydrogen) atoms. The van der Waals surface area contributed by atoms with Crippen molar-refractivity contribution < 1.29 is 0 Å². The van der Waals surface area contributed by atoms with E-state index in [2.05, 4.69) is 138 Å². The fourth-order valence-corrected chi connectivity index (χ4v) is 5.72. The lowest BCUT2D eigenvalue weighted by Gasteiger charge is -2.13. The number of nitrogens with zero attached hydrogens (tertiary/aromatic N) is 2. The van der Waals surface area contributed by atoms with Gasteiger partial charge in [-0.15, -0.1) is 0 Å². The van der Waals surface area contributed by atoms with Crippen molar-refractivity contribution in [2.45, 2.75) is 13.3 Å². The minimum atomic E-state index is 0.888. The Morgan fingerprint density at radius 1 is 0.528 bits per heavy atom. The molecule has 0 bridgehead atoms. The summed E-state index contributed by atoms with van der Waals surface area (Å²) in [6.07, 6.45) is 0.888. The first-order valence-corrected chi connectivity index (χ1v) is 12.4. The molecule has 0 amide bonds. The summed E-state index contributed by atoms with van der Waals surface area (Å²) in [6, 6.07) is 41.8. The molecule has 0 aliphatic heterocycles. The molecule has 2 aromatic heterocycles. The molecule has 2 heterocycles. The predicted molar refractivity (Wildman–Crippen MR) is 154 cm³/mol. The molecule has 7 rings (SSSR count). The smallest absolute Gasteiger partial charge is 0.0543 e. The zero-order chi connectivity index (χ0) is 24.2. The lowest BCUT2D eigenvalue weighted by atomic mass is 10.0. The van der Waals surface area contributed by atoms with Crippen LogP contribution in [0.3, 0.4) is 0 Å². The van der Waals surface area contributed by atoms with Crippen LogP contribution in [0.15, 0.2) is 127 Å². The summed E-state index contributed by atoms with van der Waals surface area (Å²) < 4.78 is 4.79. The van der Waals surface area contributed by atoms with Gasteiger partial charge in [0.05, 0.1) is 22.1 Å². The molecule has 0 spiro atoms. The molecule has 0 radical (unpaired) electrons. The van der Waals surface area contributed by atoms with Crippen LogP contribution in [0.4, 0.5) is 0 Å². The maximum absolute atomic E-state index is 4.13. The highest BCUT2D eigenvalue weighted by Crippen LogP contribution is 2.35. The summed E-state index contributed by atoms with van der Waals surface area (Å²) >= 11 is 0. The number of hydrogen-bond acceptors (Lipinski definition) is 0. The summed E-state index contributed by atoms with van der Waals surface area (Å²) in [5, 5.41) is 5.11. The standard InChI is InChI=1S/C34H26N2/c1-23(2)20-24-18-19-30-29-14-5-8-17-33(29)36(34(30)21-24)26-11-9-10-25(22-26)35-31-15-6-3-12-27(31)28-13-4-7-16-32(28)35/h3-19,21-22H,1,20H2,2H3. The normalized spacial score (nSPS) is 11.7. The van der Waals surface area contributed by atoms with Gasteiger partial charge in [0, 0.05) is 32.9 Å². The van der Waals surface area contributed by atoms with Crippen molar-refractivity contribution in [2.24, 2.45) is 0 Å². The second-order valence-corrected chi connectivity index (χ2v) is 9.73. The first-order chi connectivity index (χ1) is 17.7. The SMILES string of the molecule is C=C(C)Cc1ccc2c3ccccc3n(-c3cccc(-n4c5ccccc5c5ccccc54)c3)c2c1. The van der Waals surface area contributed by atoms with Gasteiger partial charge in [-0.25, -0.2) is 0 Å². The van der Waals surface area contributed by atoms with E-state index in [1.54, 1.807) is 0 Å². The average molecular weight is 463 g/mol. The molecule has 0 saturated carbocycles. The molecule has 0 atom stereocenters. The second kappa shape index (κ2) is 8.00. The topological polar surface area (TPSA) is 9.86 Å². The Morgan fingerprint density at radius 2 is 1.00 bits per heavy atom. The zero-order valence-corrected chi connectivity index (χ0v) is 20.3. The Morgan fingerprint density at radius 3 is 1.53 bits per heavy atom. The number of rotatable bonds is 4. The van der Waals surface area contributed by atoms with Crippen molar-refractivity contribution >= 4 is 43.6 Å². The van der Waals surface area contributed by atoms with Gasteiger partial charge >= 0.3 is 0 Å². The van der Waals surface area contributed by atoms with Gasteiger partial charge in [0.25, 0.3) is 0 Å². The largest absolute Gasteiger partial charge is 0.309 e. The highest BCUT2D eigenvalue weighted by atomic mass is 15.0. The molecule has 0 fully saturated rings. The van der Waals surface area contributed by atoms with Crippen LogP contribution in [0, 0.1) is 0 Å². The van der Waals surface area contributed by atoms with Gasteiger partial charge in [-0.05, 0) is 61.4 Å². The van der Waals surface area contributed by atoms with E-state index >= 15 is 0 Å². The third-order valence-electron chi connectivity index (χ3n) is 7.17. The highest BCUT2D eigenvalue weighted by Gasteiger charge is 2.15. The molecular weight excluding hydrogens is 436 g/mol.